The van der Waals surface area contributed by atoms with E-state index in [1.807, 2.05) is 6.92 Å². The average Bonchev–Trinajstić information content (AvgIpc) is 2.97. The molecule has 0 spiro atoms. The Morgan fingerprint density at radius 1 is 1.29 bits per heavy atom. The first-order chi connectivity index (χ1) is 10.00. The normalized spacial score (nSPS) is 11.2. The molecule has 0 aliphatic rings. The molecule has 0 unspecified atom stereocenters. The summed E-state index contributed by atoms with van der Waals surface area (Å²) in [6.07, 6.45) is 2.78. The summed E-state index contributed by atoms with van der Waals surface area (Å²) in [6.45, 7) is 2.48. The van der Waals surface area contributed by atoms with E-state index in [4.69, 9.17) is 9.47 Å². The number of methoxy groups -OCH3 is 2. The minimum atomic E-state index is -3.71. The summed E-state index contributed by atoms with van der Waals surface area (Å²) in [4.78, 5) is 0.0993. The SMILES string of the molecule is CCn1cc(S(=O)(=O)Nc2ccc(OC)cc2OC)cn1. The zero-order valence-electron chi connectivity index (χ0n) is 12.0. The maximum atomic E-state index is 12.3. The Balaban J connectivity index is 2.32. The van der Waals surface area contributed by atoms with E-state index >= 15 is 0 Å². The number of aromatic nitrogens is 2. The molecule has 8 heteroatoms. The van der Waals surface area contributed by atoms with E-state index in [-0.39, 0.29) is 4.90 Å². The van der Waals surface area contributed by atoms with E-state index in [0.29, 0.717) is 23.7 Å². The minimum Gasteiger partial charge on any atom is -0.497 e. The summed E-state index contributed by atoms with van der Waals surface area (Å²) >= 11 is 0. The van der Waals surface area contributed by atoms with Crippen molar-refractivity contribution in [1.82, 2.24) is 9.78 Å². The van der Waals surface area contributed by atoms with Crippen LogP contribution in [0.5, 0.6) is 11.5 Å². The number of aryl methyl sites for hydroxylation is 1. The Morgan fingerprint density at radius 3 is 2.62 bits per heavy atom. The molecule has 0 bridgehead atoms. The van der Waals surface area contributed by atoms with Gasteiger partial charge in [-0.15, -0.1) is 0 Å². The summed E-state index contributed by atoms with van der Waals surface area (Å²) in [6, 6.07) is 4.84. The molecule has 0 amide bonds. The lowest BCUT2D eigenvalue weighted by Crippen LogP contribution is -2.13. The highest BCUT2D eigenvalue weighted by molar-refractivity contribution is 7.92. The minimum absolute atomic E-state index is 0.0993. The largest absolute Gasteiger partial charge is 0.497 e. The maximum Gasteiger partial charge on any atom is 0.265 e. The van der Waals surface area contributed by atoms with E-state index in [0.717, 1.165) is 0 Å². The van der Waals surface area contributed by atoms with Gasteiger partial charge in [-0.3, -0.25) is 9.40 Å². The number of sulfonamides is 1. The lowest BCUT2D eigenvalue weighted by atomic mass is 10.3. The van der Waals surface area contributed by atoms with Crippen molar-refractivity contribution in [3.63, 3.8) is 0 Å². The lowest BCUT2D eigenvalue weighted by Gasteiger charge is -2.12. The molecular formula is C13H17N3O4S. The highest BCUT2D eigenvalue weighted by atomic mass is 32.2. The van der Waals surface area contributed by atoms with Crippen molar-refractivity contribution in [3.05, 3.63) is 30.6 Å². The van der Waals surface area contributed by atoms with Gasteiger partial charge in [0.1, 0.15) is 16.4 Å². The summed E-state index contributed by atoms with van der Waals surface area (Å²) in [5.74, 6) is 0.953. The fraction of sp³-hybridized carbons (Fsp3) is 0.308. The Morgan fingerprint density at radius 2 is 2.05 bits per heavy atom. The Hall–Kier alpha value is -2.22. The van der Waals surface area contributed by atoms with Gasteiger partial charge in [-0.1, -0.05) is 0 Å². The van der Waals surface area contributed by atoms with E-state index in [1.165, 1.54) is 26.6 Å². The number of nitrogens with one attached hydrogen (secondary N) is 1. The highest BCUT2D eigenvalue weighted by Crippen LogP contribution is 2.30. The standard InChI is InChI=1S/C13H17N3O4S/c1-4-16-9-11(8-14-16)21(17,18)15-12-6-5-10(19-2)7-13(12)20-3/h5-9,15H,4H2,1-3H3. The van der Waals surface area contributed by atoms with Gasteiger partial charge in [0.05, 0.1) is 26.1 Å². The number of hydrogen-bond donors (Lipinski definition) is 1. The van der Waals surface area contributed by atoms with E-state index in [1.54, 1.807) is 22.9 Å². The summed E-state index contributed by atoms with van der Waals surface area (Å²) in [5.41, 5.74) is 0.336. The van der Waals surface area contributed by atoms with E-state index in [9.17, 15) is 8.42 Å². The van der Waals surface area contributed by atoms with Gasteiger partial charge >= 0.3 is 0 Å². The molecule has 1 aromatic heterocycles. The van der Waals surface area contributed by atoms with Crippen LogP contribution in [0.25, 0.3) is 0 Å². The van der Waals surface area contributed by atoms with Gasteiger partial charge in [-0.25, -0.2) is 8.42 Å². The van der Waals surface area contributed by atoms with Crippen molar-refractivity contribution in [2.24, 2.45) is 0 Å². The molecule has 1 aromatic carbocycles. The second kappa shape index (κ2) is 6.04. The molecule has 0 fully saturated rings. The zero-order chi connectivity index (χ0) is 15.5. The average molecular weight is 311 g/mol. The van der Waals surface area contributed by atoms with Crippen molar-refractivity contribution in [2.75, 3.05) is 18.9 Å². The third-order valence-corrected chi connectivity index (χ3v) is 4.22. The van der Waals surface area contributed by atoms with Crippen LogP contribution in [0.15, 0.2) is 35.5 Å². The van der Waals surface area contributed by atoms with E-state index < -0.39 is 10.0 Å². The predicted octanol–water partition coefficient (Wildman–Crippen LogP) is 1.72. The monoisotopic (exact) mass is 311 g/mol. The fourth-order valence-corrected chi connectivity index (χ4v) is 2.77. The van der Waals surface area contributed by atoms with Crippen molar-refractivity contribution < 1.29 is 17.9 Å². The van der Waals surface area contributed by atoms with E-state index in [2.05, 4.69) is 9.82 Å². The molecule has 0 saturated heterocycles. The Labute approximate surface area is 123 Å². The molecule has 7 nitrogen and oxygen atoms in total. The highest BCUT2D eigenvalue weighted by Gasteiger charge is 2.18. The van der Waals surface area contributed by atoms with Gasteiger partial charge in [0, 0.05) is 18.8 Å². The second-order valence-electron chi connectivity index (χ2n) is 4.20. The third kappa shape index (κ3) is 3.27. The first kappa shape index (κ1) is 15.2. The van der Waals surface area contributed by atoms with Crippen LogP contribution in [-0.2, 0) is 16.6 Å². The lowest BCUT2D eigenvalue weighted by molar-refractivity contribution is 0.395. The molecule has 0 aliphatic carbocycles. The molecule has 114 valence electrons. The molecule has 2 aromatic rings. The zero-order valence-corrected chi connectivity index (χ0v) is 12.8. The van der Waals surface area contributed by atoms with Gasteiger partial charge in [-0.05, 0) is 19.1 Å². The van der Waals surface area contributed by atoms with Crippen LogP contribution in [0, 0.1) is 0 Å². The van der Waals surface area contributed by atoms with Gasteiger partial charge in [-0.2, -0.15) is 5.10 Å². The third-order valence-electron chi connectivity index (χ3n) is 2.90. The van der Waals surface area contributed by atoms with Gasteiger partial charge in [0.15, 0.2) is 0 Å². The number of hydrogen-bond acceptors (Lipinski definition) is 5. The van der Waals surface area contributed by atoms with Crippen molar-refractivity contribution in [1.29, 1.82) is 0 Å². The summed E-state index contributed by atoms with van der Waals surface area (Å²) < 4.78 is 38.9. The first-order valence-corrected chi connectivity index (χ1v) is 7.75. The van der Waals surface area contributed by atoms with Crippen molar-refractivity contribution in [2.45, 2.75) is 18.4 Å². The van der Waals surface area contributed by atoms with Crippen LogP contribution in [0.1, 0.15) is 6.92 Å². The van der Waals surface area contributed by atoms with Gasteiger partial charge in [0.25, 0.3) is 10.0 Å². The molecular weight excluding hydrogens is 294 g/mol. The maximum absolute atomic E-state index is 12.3. The van der Waals surface area contributed by atoms with Crippen molar-refractivity contribution in [3.8, 4) is 11.5 Å². The molecule has 21 heavy (non-hydrogen) atoms. The second-order valence-corrected chi connectivity index (χ2v) is 5.89. The molecule has 1 heterocycles. The number of rotatable bonds is 6. The number of ether oxygens (including phenoxy) is 2. The van der Waals surface area contributed by atoms with Crippen LogP contribution < -0.4 is 14.2 Å². The predicted molar refractivity (Wildman–Crippen MR) is 78.3 cm³/mol. The fourth-order valence-electron chi connectivity index (χ4n) is 1.74. The van der Waals surface area contributed by atoms with Crippen LogP contribution >= 0.6 is 0 Å². The summed E-state index contributed by atoms with van der Waals surface area (Å²) in [5, 5.41) is 3.96. The first-order valence-electron chi connectivity index (χ1n) is 6.27. The van der Waals surface area contributed by atoms with Crippen LogP contribution in [0.4, 0.5) is 5.69 Å². The molecule has 1 N–H and O–H groups in total. The number of anilines is 1. The number of nitrogens with zero attached hydrogens (tertiary/aromatic N) is 2. The smallest absolute Gasteiger partial charge is 0.265 e. The van der Waals surface area contributed by atoms with Crippen molar-refractivity contribution >= 4 is 15.7 Å². The molecule has 0 radical (unpaired) electrons. The Bertz CT molecular complexity index is 725. The number of benzene rings is 1. The molecule has 0 aliphatic heterocycles. The molecule has 2 rings (SSSR count). The van der Waals surface area contributed by atoms with Gasteiger partial charge < -0.3 is 9.47 Å². The Kier molecular flexibility index (Phi) is 4.37. The van der Waals surface area contributed by atoms with Gasteiger partial charge in [0.2, 0.25) is 0 Å². The topological polar surface area (TPSA) is 82.5 Å². The van der Waals surface area contributed by atoms with Crippen LogP contribution in [0.3, 0.4) is 0 Å². The van der Waals surface area contributed by atoms with Crippen LogP contribution in [-0.4, -0.2) is 32.4 Å². The molecule has 0 saturated carbocycles. The summed E-state index contributed by atoms with van der Waals surface area (Å²) in [7, 11) is -0.723. The molecule has 0 atom stereocenters. The van der Waals surface area contributed by atoms with Crippen LogP contribution in [0.2, 0.25) is 0 Å². The quantitative estimate of drug-likeness (QED) is 0.878.